The SMILES string of the molecule is Cc1cc(C(=O)CSc2nncn2Cc2ccco2)c(C)n1C1CC1. The molecule has 3 aromatic heterocycles. The van der Waals surface area contributed by atoms with Gasteiger partial charge in [-0.1, -0.05) is 11.8 Å². The van der Waals surface area contributed by atoms with Gasteiger partial charge in [0.25, 0.3) is 0 Å². The predicted molar refractivity (Wildman–Crippen MR) is 95.1 cm³/mol. The second-order valence-corrected chi connectivity index (χ2v) is 7.36. The number of thioether (sulfide) groups is 1. The summed E-state index contributed by atoms with van der Waals surface area (Å²) in [4.78, 5) is 12.7. The van der Waals surface area contributed by atoms with E-state index in [-0.39, 0.29) is 5.78 Å². The summed E-state index contributed by atoms with van der Waals surface area (Å²) in [5, 5.41) is 8.80. The first-order valence-corrected chi connectivity index (χ1v) is 9.36. The topological polar surface area (TPSA) is 65.8 Å². The molecule has 6 nitrogen and oxygen atoms in total. The number of rotatable bonds is 7. The van der Waals surface area contributed by atoms with Crippen molar-refractivity contribution in [2.75, 3.05) is 5.75 Å². The minimum atomic E-state index is 0.137. The Morgan fingerprint density at radius 2 is 2.24 bits per heavy atom. The van der Waals surface area contributed by atoms with Crippen LogP contribution in [-0.2, 0) is 6.54 Å². The van der Waals surface area contributed by atoms with Crippen LogP contribution in [0.4, 0.5) is 0 Å². The third kappa shape index (κ3) is 3.28. The highest BCUT2D eigenvalue weighted by Gasteiger charge is 2.28. The summed E-state index contributed by atoms with van der Waals surface area (Å²) >= 11 is 1.42. The lowest BCUT2D eigenvalue weighted by molar-refractivity contribution is 0.102. The number of ketones is 1. The van der Waals surface area contributed by atoms with Crippen molar-refractivity contribution < 1.29 is 9.21 Å². The summed E-state index contributed by atoms with van der Waals surface area (Å²) in [5.74, 6) is 1.32. The summed E-state index contributed by atoms with van der Waals surface area (Å²) in [6, 6.07) is 6.37. The second-order valence-electron chi connectivity index (χ2n) is 6.42. The Hall–Kier alpha value is -2.28. The molecule has 4 rings (SSSR count). The molecule has 0 spiro atoms. The van der Waals surface area contributed by atoms with Crippen molar-refractivity contribution in [2.24, 2.45) is 0 Å². The van der Waals surface area contributed by atoms with Crippen LogP contribution in [0.1, 0.15) is 46.4 Å². The highest BCUT2D eigenvalue weighted by atomic mass is 32.2. The fourth-order valence-corrected chi connectivity index (χ4v) is 3.99. The van der Waals surface area contributed by atoms with Crippen molar-refractivity contribution in [1.82, 2.24) is 19.3 Å². The fraction of sp³-hybridized carbons (Fsp3) is 0.389. The van der Waals surface area contributed by atoms with Crippen LogP contribution in [0, 0.1) is 13.8 Å². The Balaban J connectivity index is 1.44. The van der Waals surface area contributed by atoms with Gasteiger partial charge in [0, 0.05) is 23.0 Å². The van der Waals surface area contributed by atoms with Crippen LogP contribution < -0.4 is 0 Å². The number of aromatic nitrogens is 4. The number of carbonyl (C=O) groups excluding carboxylic acids is 1. The van der Waals surface area contributed by atoms with E-state index in [1.165, 1.54) is 30.3 Å². The normalized spacial score (nSPS) is 14.2. The van der Waals surface area contributed by atoms with Crippen molar-refractivity contribution in [3.05, 3.63) is 53.5 Å². The van der Waals surface area contributed by atoms with Crippen molar-refractivity contribution in [2.45, 2.75) is 44.4 Å². The summed E-state index contributed by atoms with van der Waals surface area (Å²) in [5.41, 5.74) is 3.09. The van der Waals surface area contributed by atoms with Gasteiger partial charge in [-0.15, -0.1) is 10.2 Å². The largest absolute Gasteiger partial charge is 0.467 e. The van der Waals surface area contributed by atoms with Gasteiger partial charge in [-0.2, -0.15) is 0 Å². The zero-order valence-corrected chi connectivity index (χ0v) is 15.1. The van der Waals surface area contributed by atoms with Gasteiger partial charge in [-0.3, -0.25) is 4.79 Å². The van der Waals surface area contributed by atoms with Crippen molar-refractivity contribution in [1.29, 1.82) is 0 Å². The van der Waals surface area contributed by atoms with Crippen LogP contribution in [0.2, 0.25) is 0 Å². The molecule has 0 unspecified atom stereocenters. The highest BCUT2D eigenvalue weighted by molar-refractivity contribution is 7.99. The van der Waals surface area contributed by atoms with E-state index in [1.54, 1.807) is 12.6 Å². The van der Waals surface area contributed by atoms with Gasteiger partial charge >= 0.3 is 0 Å². The molecule has 0 N–H and O–H groups in total. The molecular weight excluding hydrogens is 336 g/mol. The predicted octanol–water partition coefficient (Wildman–Crippen LogP) is 3.65. The van der Waals surface area contributed by atoms with Crippen LogP contribution in [-0.4, -0.2) is 30.9 Å². The van der Waals surface area contributed by atoms with E-state index in [9.17, 15) is 4.79 Å². The molecule has 25 heavy (non-hydrogen) atoms. The van der Waals surface area contributed by atoms with E-state index in [0.717, 1.165) is 22.2 Å². The Morgan fingerprint density at radius 3 is 2.96 bits per heavy atom. The van der Waals surface area contributed by atoms with E-state index in [2.05, 4.69) is 21.7 Å². The van der Waals surface area contributed by atoms with Gasteiger partial charge in [0.1, 0.15) is 12.1 Å². The van der Waals surface area contributed by atoms with Crippen LogP contribution in [0.15, 0.2) is 40.4 Å². The maximum atomic E-state index is 12.7. The first-order valence-electron chi connectivity index (χ1n) is 8.38. The van der Waals surface area contributed by atoms with Gasteiger partial charge in [-0.05, 0) is 44.9 Å². The van der Waals surface area contributed by atoms with Crippen LogP contribution in [0.5, 0.6) is 0 Å². The first-order chi connectivity index (χ1) is 12.1. The average Bonchev–Trinajstić information content (AvgIpc) is 3.00. The first kappa shape index (κ1) is 16.2. The van der Waals surface area contributed by atoms with Crippen molar-refractivity contribution in [3.8, 4) is 0 Å². The van der Waals surface area contributed by atoms with Gasteiger partial charge in [0.05, 0.1) is 18.6 Å². The summed E-state index contributed by atoms with van der Waals surface area (Å²) in [6.07, 6.45) is 5.74. The zero-order valence-electron chi connectivity index (χ0n) is 14.3. The zero-order chi connectivity index (χ0) is 17.4. The van der Waals surface area contributed by atoms with Gasteiger partial charge in [0.15, 0.2) is 10.9 Å². The smallest absolute Gasteiger partial charge is 0.191 e. The molecule has 3 heterocycles. The van der Waals surface area contributed by atoms with Crippen molar-refractivity contribution >= 4 is 17.5 Å². The molecule has 0 bridgehead atoms. The van der Waals surface area contributed by atoms with Crippen LogP contribution in [0.25, 0.3) is 0 Å². The number of Topliss-reactive ketones (excluding diaryl/α,β-unsaturated/α-hetero) is 1. The molecule has 0 saturated heterocycles. The maximum absolute atomic E-state index is 12.7. The summed E-state index contributed by atoms with van der Waals surface area (Å²) < 4.78 is 9.56. The second kappa shape index (κ2) is 6.55. The van der Waals surface area contributed by atoms with Gasteiger partial charge in [0.2, 0.25) is 0 Å². The van der Waals surface area contributed by atoms with Gasteiger partial charge in [-0.25, -0.2) is 0 Å². The number of aryl methyl sites for hydroxylation is 1. The molecule has 1 aliphatic rings. The van der Waals surface area contributed by atoms with E-state index in [1.807, 2.05) is 29.7 Å². The number of carbonyl (C=O) groups is 1. The van der Waals surface area contributed by atoms with Crippen molar-refractivity contribution in [3.63, 3.8) is 0 Å². The Bertz CT molecular complexity index is 890. The summed E-state index contributed by atoms with van der Waals surface area (Å²) in [6.45, 7) is 4.69. The van der Waals surface area contributed by atoms with E-state index >= 15 is 0 Å². The molecule has 0 aromatic carbocycles. The maximum Gasteiger partial charge on any atom is 0.191 e. The quantitative estimate of drug-likeness (QED) is 0.477. The van der Waals surface area contributed by atoms with E-state index in [0.29, 0.717) is 18.3 Å². The third-order valence-electron chi connectivity index (χ3n) is 4.52. The minimum Gasteiger partial charge on any atom is -0.467 e. The number of hydrogen-bond donors (Lipinski definition) is 0. The fourth-order valence-electron chi connectivity index (χ4n) is 3.20. The molecule has 1 aliphatic carbocycles. The lowest BCUT2D eigenvalue weighted by Crippen LogP contribution is -2.07. The monoisotopic (exact) mass is 356 g/mol. The molecule has 1 saturated carbocycles. The summed E-state index contributed by atoms with van der Waals surface area (Å²) in [7, 11) is 0. The average molecular weight is 356 g/mol. The number of hydrogen-bond acceptors (Lipinski definition) is 5. The van der Waals surface area contributed by atoms with E-state index < -0.39 is 0 Å². The van der Waals surface area contributed by atoms with E-state index in [4.69, 9.17) is 4.42 Å². The lowest BCUT2D eigenvalue weighted by atomic mass is 10.2. The Morgan fingerprint density at radius 1 is 1.40 bits per heavy atom. The molecule has 0 radical (unpaired) electrons. The molecule has 0 atom stereocenters. The standard InChI is InChI=1S/C18H20N4O2S/c1-12-8-16(13(2)22(12)14-5-6-14)17(23)10-25-18-20-19-11-21(18)9-15-4-3-7-24-15/h3-4,7-8,11,14H,5-6,9-10H2,1-2H3. The third-order valence-corrected chi connectivity index (χ3v) is 5.50. The Labute approximate surface area is 150 Å². The Kier molecular flexibility index (Phi) is 4.25. The highest BCUT2D eigenvalue weighted by Crippen LogP contribution is 2.38. The lowest BCUT2D eigenvalue weighted by Gasteiger charge is -2.07. The molecule has 7 heteroatoms. The molecular formula is C18H20N4O2S. The molecule has 3 aromatic rings. The molecule has 1 fully saturated rings. The molecule has 0 amide bonds. The molecule has 0 aliphatic heterocycles. The van der Waals surface area contributed by atoms with Crippen LogP contribution in [0.3, 0.4) is 0 Å². The molecule has 130 valence electrons. The van der Waals surface area contributed by atoms with Crippen LogP contribution >= 0.6 is 11.8 Å². The minimum absolute atomic E-state index is 0.137. The number of furan rings is 1. The number of nitrogens with zero attached hydrogens (tertiary/aromatic N) is 4. The van der Waals surface area contributed by atoms with Gasteiger partial charge < -0.3 is 13.6 Å².